The van der Waals surface area contributed by atoms with Gasteiger partial charge in [0.25, 0.3) is 0 Å². The number of hydrogen-bond donors (Lipinski definition) is 2. The van der Waals surface area contributed by atoms with E-state index in [1.165, 1.54) is 12.8 Å². The van der Waals surface area contributed by atoms with Gasteiger partial charge in [-0.1, -0.05) is 0 Å². The number of ether oxygens (including phenoxy) is 1. The number of hydrogen-bond acceptors (Lipinski definition) is 5. The zero-order valence-corrected chi connectivity index (χ0v) is 9.85. The lowest BCUT2D eigenvalue weighted by Crippen LogP contribution is -2.14. The summed E-state index contributed by atoms with van der Waals surface area (Å²) in [5.41, 5.74) is 3.77. The molecule has 1 unspecified atom stereocenters. The van der Waals surface area contributed by atoms with E-state index < -0.39 is 0 Å². The van der Waals surface area contributed by atoms with Crippen LogP contribution < -0.4 is 11.3 Å². The van der Waals surface area contributed by atoms with Gasteiger partial charge in [0.15, 0.2) is 0 Å². The van der Waals surface area contributed by atoms with Gasteiger partial charge in [0.1, 0.15) is 11.6 Å². The molecule has 0 amide bonds. The van der Waals surface area contributed by atoms with Crippen molar-refractivity contribution >= 4 is 5.82 Å². The summed E-state index contributed by atoms with van der Waals surface area (Å²) in [6.07, 6.45) is 4.50. The first-order chi connectivity index (χ1) is 8.35. The van der Waals surface area contributed by atoms with Crippen LogP contribution in [0.25, 0.3) is 0 Å². The molecular weight excluding hydrogens is 216 g/mol. The monoisotopic (exact) mass is 234 g/mol. The fourth-order valence-corrected chi connectivity index (χ4v) is 2.27. The maximum Gasteiger partial charge on any atom is 0.143 e. The quantitative estimate of drug-likeness (QED) is 0.605. The molecule has 2 heterocycles. The van der Waals surface area contributed by atoms with Crippen LogP contribution in [0.15, 0.2) is 6.07 Å². The van der Waals surface area contributed by atoms with Crippen LogP contribution in [0.4, 0.5) is 5.82 Å². The van der Waals surface area contributed by atoms with Crippen LogP contribution in [0, 0.1) is 5.92 Å². The molecule has 5 nitrogen and oxygen atoms in total. The lowest BCUT2D eigenvalue weighted by Gasteiger charge is -2.09. The van der Waals surface area contributed by atoms with Crippen molar-refractivity contribution < 1.29 is 4.74 Å². The fraction of sp³-hybridized carbons (Fsp3) is 0.667. The van der Waals surface area contributed by atoms with Gasteiger partial charge in [0.05, 0.1) is 0 Å². The van der Waals surface area contributed by atoms with Crippen molar-refractivity contribution in [3.8, 4) is 0 Å². The van der Waals surface area contributed by atoms with E-state index in [2.05, 4.69) is 15.4 Å². The molecule has 17 heavy (non-hydrogen) atoms. The van der Waals surface area contributed by atoms with Gasteiger partial charge >= 0.3 is 0 Å². The van der Waals surface area contributed by atoms with Gasteiger partial charge in [-0.15, -0.1) is 0 Å². The Morgan fingerprint density at radius 3 is 2.88 bits per heavy atom. The Labute approximate surface area is 101 Å². The summed E-state index contributed by atoms with van der Waals surface area (Å²) in [4.78, 5) is 9.07. The molecule has 3 rings (SSSR count). The van der Waals surface area contributed by atoms with Gasteiger partial charge in [-0.3, -0.25) is 0 Å². The highest BCUT2D eigenvalue weighted by molar-refractivity contribution is 5.36. The third kappa shape index (κ3) is 2.56. The van der Waals surface area contributed by atoms with Crippen molar-refractivity contribution in [3.05, 3.63) is 17.6 Å². The van der Waals surface area contributed by atoms with E-state index in [-0.39, 0.29) is 0 Å². The highest BCUT2D eigenvalue weighted by Crippen LogP contribution is 2.39. The van der Waals surface area contributed by atoms with Gasteiger partial charge in [-0.05, 0) is 25.2 Å². The predicted molar refractivity (Wildman–Crippen MR) is 64.4 cm³/mol. The molecule has 5 heteroatoms. The fourth-order valence-electron chi connectivity index (χ4n) is 2.27. The number of rotatable bonds is 4. The average Bonchev–Trinajstić information content (AvgIpc) is 3.09. The van der Waals surface area contributed by atoms with Crippen molar-refractivity contribution in [2.24, 2.45) is 11.8 Å². The van der Waals surface area contributed by atoms with Crippen molar-refractivity contribution in [2.75, 3.05) is 18.6 Å². The number of hydrazine groups is 1. The zero-order valence-electron chi connectivity index (χ0n) is 9.85. The minimum atomic E-state index is 0.565. The largest absolute Gasteiger partial charge is 0.381 e. The van der Waals surface area contributed by atoms with Gasteiger partial charge in [-0.2, -0.15) is 0 Å². The molecular formula is C12H18N4O. The van der Waals surface area contributed by atoms with Crippen LogP contribution in [0.1, 0.15) is 36.7 Å². The first-order valence-electron chi connectivity index (χ1n) is 6.27. The summed E-state index contributed by atoms with van der Waals surface area (Å²) in [6, 6.07) is 1.96. The van der Waals surface area contributed by atoms with Crippen LogP contribution in [0.3, 0.4) is 0 Å². The van der Waals surface area contributed by atoms with Crippen molar-refractivity contribution in [3.63, 3.8) is 0 Å². The summed E-state index contributed by atoms with van der Waals surface area (Å²) in [5.74, 6) is 8.28. The lowest BCUT2D eigenvalue weighted by molar-refractivity contribution is 0.185. The number of nitrogens with zero attached hydrogens (tertiary/aromatic N) is 2. The van der Waals surface area contributed by atoms with E-state index >= 15 is 0 Å². The number of anilines is 1. The van der Waals surface area contributed by atoms with Gasteiger partial charge < -0.3 is 10.2 Å². The van der Waals surface area contributed by atoms with Gasteiger partial charge in [-0.25, -0.2) is 15.8 Å². The Morgan fingerprint density at radius 1 is 1.35 bits per heavy atom. The first-order valence-corrected chi connectivity index (χ1v) is 6.27. The van der Waals surface area contributed by atoms with Crippen molar-refractivity contribution in [1.82, 2.24) is 9.97 Å². The topological polar surface area (TPSA) is 73.1 Å². The van der Waals surface area contributed by atoms with Gasteiger partial charge in [0, 0.05) is 37.3 Å². The summed E-state index contributed by atoms with van der Waals surface area (Å²) in [5, 5.41) is 0. The Hall–Kier alpha value is -1.20. The normalized spacial score (nSPS) is 23.9. The number of nitrogens with two attached hydrogens (primary N) is 1. The predicted octanol–water partition coefficient (Wildman–Crippen LogP) is 1.22. The Kier molecular flexibility index (Phi) is 2.94. The van der Waals surface area contributed by atoms with Crippen molar-refractivity contribution in [1.29, 1.82) is 0 Å². The molecule has 1 aliphatic carbocycles. The highest BCUT2D eigenvalue weighted by Gasteiger charge is 2.26. The van der Waals surface area contributed by atoms with Gasteiger partial charge in [0.2, 0.25) is 0 Å². The molecule has 2 fully saturated rings. The SMILES string of the molecule is NNc1cc(C2CC2)nc(CC2CCOC2)n1. The van der Waals surface area contributed by atoms with E-state index in [4.69, 9.17) is 10.6 Å². The molecule has 92 valence electrons. The summed E-state index contributed by atoms with van der Waals surface area (Å²) in [7, 11) is 0. The Balaban J connectivity index is 1.78. The molecule has 1 aliphatic heterocycles. The molecule has 0 radical (unpaired) electrons. The van der Waals surface area contributed by atoms with E-state index in [1.54, 1.807) is 0 Å². The molecule has 1 atom stereocenters. The second kappa shape index (κ2) is 4.58. The second-order valence-electron chi connectivity index (χ2n) is 4.95. The standard InChI is InChI=1S/C12H18N4O/c13-16-12-6-10(9-1-2-9)14-11(15-12)5-8-3-4-17-7-8/h6,8-9H,1-5,7,13H2,(H,14,15,16). The third-order valence-electron chi connectivity index (χ3n) is 3.43. The number of nitrogens with one attached hydrogen (secondary N) is 1. The van der Waals surface area contributed by atoms with Crippen molar-refractivity contribution in [2.45, 2.75) is 31.6 Å². The second-order valence-corrected chi connectivity index (χ2v) is 4.95. The van der Waals surface area contributed by atoms with Crippen LogP contribution in [-0.4, -0.2) is 23.2 Å². The zero-order chi connectivity index (χ0) is 11.7. The molecule has 1 saturated heterocycles. The van der Waals surface area contributed by atoms with Crippen LogP contribution in [0.2, 0.25) is 0 Å². The first kappa shape index (κ1) is 10.9. The maximum atomic E-state index is 5.45. The molecule has 0 aromatic carbocycles. The van der Waals surface area contributed by atoms with E-state index in [0.717, 1.165) is 43.4 Å². The molecule has 0 bridgehead atoms. The van der Waals surface area contributed by atoms with Crippen LogP contribution in [0.5, 0.6) is 0 Å². The summed E-state index contributed by atoms with van der Waals surface area (Å²) >= 11 is 0. The molecule has 1 aromatic heterocycles. The Bertz CT molecular complexity index is 399. The minimum absolute atomic E-state index is 0.565. The van der Waals surface area contributed by atoms with Crippen LogP contribution >= 0.6 is 0 Å². The molecule has 3 N–H and O–H groups in total. The maximum absolute atomic E-state index is 5.45. The average molecular weight is 234 g/mol. The summed E-state index contributed by atoms with van der Waals surface area (Å²) in [6.45, 7) is 1.71. The minimum Gasteiger partial charge on any atom is -0.381 e. The molecule has 1 saturated carbocycles. The number of nitrogen functional groups attached to an aromatic ring is 1. The smallest absolute Gasteiger partial charge is 0.143 e. The molecule has 0 spiro atoms. The van der Waals surface area contributed by atoms with Crippen LogP contribution in [-0.2, 0) is 11.2 Å². The Morgan fingerprint density at radius 2 is 2.24 bits per heavy atom. The molecule has 2 aliphatic rings. The van der Waals surface area contributed by atoms with E-state index in [1.807, 2.05) is 6.07 Å². The molecule has 1 aromatic rings. The third-order valence-corrected chi connectivity index (χ3v) is 3.43. The van der Waals surface area contributed by atoms with E-state index in [9.17, 15) is 0 Å². The summed E-state index contributed by atoms with van der Waals surface area (Å²) < 4.78 is 5.38. The lowest BCUT2D eigenvalue weighted by atomic mass is 10.0. The number of aromatic nitrogens is 2. The van der Waals surface area contributed by atoms with E-state index in [0.29, 0.717) is 11.8 Å². The highest BCUT2D eigenvalue weighted by atomic mass is 16.5.